The maximum atomic E-state index is 9.07. The zero-order valence-corrected chi connectivity index (χ0v) is 8.06. The van der Waals surface area contributed by atoms with Crippen molar-refractivity contribution in [3.05, 3.63) is 23.8 Å². The average molecular weight is 195 g/mol. The molecule has 0 spiro atoms. The van der Waals surface area contributed by atoms with E-state index in [-0.39, 0.29) is 0 Å². The van der Waals surface area contributed by atoms with Crippen molar-refractivity contribution in [1.82, 2.24) is 5.06 Å². The third-order valence-corrected chi connectivity index (χ3v) is 2.02. The van der Waals surface area contributed by atoms with Crippen molar-refractivity contribution in [2.45, 2.75) is 6.54 Å². The van der Waals surface area contributed by atoms with Gasteiger partial charge in [0.2, 0.25) is 0 Å². The molecule has 0 saturated carbocycles. The van der Waals surface area contributed by atoms with Gasteiger partial charge in [0.25, 0.3) is 0 Å². The van der Waals surface area contributed by atoms with E-state index in [4.69, 9.17) is 14.7 Å². The SMILES string of the molecule is CN(O)Cc1ccc2c(c1)OCCO2. The van der Waals surface area contributed by atoms with Crippen LogP contribution in [0.4, 0.5) is 0 Å². The van der Waals surface area contributed by atoms with Crippen LogP contribution in [-0.4, -0.2) is 30.5 Å². The van der Waals surface area contributed by atoms with Crippen LogP contribution in [0.5, 0.6) is 11.5 Å². The summed E-state index contributed by atoms with van der Waals surface area (Å²) < 4.78 is 10.8. The summed E-state index contributed by atoms with van der Waals surface area (Å²) in [5.41, 5.74) is 0.999. The second-order valence-electron chi connectivity index (χ2n) is 3.29. The van der Waals surface area contributed by atoms with E-state index in [2.05, 4.69) is 0 Å². The summed E-state index contributed by atoms with van der Waals surface area (Å²) in [4.78, 5) is 0. The Morgan fingerprint density at radius 3 is 2.71 bits per heavy atom. The zero-order chi connectivity index (χ0) is 9.97. The molecule has 0 aromatic heterocycles. The van der Waals surface area contributed by atoms with Gasteiger partial charge in [-0.2, -0.15) is 5.06 Å². The van der Waals surface area contributed by atoms with Crippen LogP contribution in [0.25, 0.3) is 0 Å². The van der Waals surface area contributed by atoms with Gasteiger partial charge in [0, 0.05) is 13.6 Å². The van der Waals surface area contributed by atoms with Gasteiger partial charge in [0.05, 0.1) is 0 Å². The minimum atomic E-state index is 0.483. The molecule has 0 fully saturated rings. The first-order valence-corrected chi connectivity index (χ1v) is 4.54. The van der Waals surface area contributed by atoms with Crippen molar-refractivity contribution in [3.63, 3.8) is 0 Å². The monoisotopic (exact) mass is 195 g/mol. The minimum Gasteiger partial charge on any atom is -0.486 e. The van der Waals surface area contributed by atoms with Gasteiger partial charge in [-0.1, -0.05) is 6.07 Å². The molecule has 14 heavy (non-hydrogen) atoms. The van der Waals surface area contributed by atoms with Crippen molar-refractivity contribution in [2.75, 3.05) is 20.3 Å². The molecule has 1 aromatic rings. The number of nitrogens with zero attached hydrogens (tertiary/aromatic N) is 1. The topological polar surface area (TPSA) is 41.9 Å². The molecule has 0 radical (unpaired) electrons. The van der Waals surface area contributed by atoms with Crippen LogP contribution >= 0.6 is 0 Å². The fraction of sp³-hybridized carbons (Fsp3) is 0.400. The van der Waals surface area contributed by atoms with Gasteiger partial charge in [-0.05, 0) is 17.7 Å². The van der Waals surface area contributed by atoms with E-state index >= 15 is 0 Å². The smallest absolute Gasteiger partial charge is 0.161 e. The van der Waals surface area contributed by atoms with Crippen molar-refractivity contribution in [3.8, 4) is 11.5 Å². The van der Waals surface area contributed by atoms with Crippen LogP contribution in [0.3, 0.4) is 0 Å². The highest BCUT2D eigenvalue weighted by molar-refractivity contribution is 5.43. The summed E-state index contributed by atoms with van der Waals surface area (Å²) in [6.45, 7) is 1.67. The Bertz CT molecular complexity index is 325. The van der Waals surface area contributed by atoms with Crippen molar-refractivity contribution in [1.29, 1.82) is 0 Å². The lowest BCUT2D eigenvalue weighted by molar-refractivity contribution is -0.0732. The lowest BCUT2D eigenvalue weighted by Crippen LogP contribution is -2.16. The number of ether oxygens (including phenoxy) is 2. The minimum absolute atomic E-state index is 0.483. The Labute approximate surface area is 82.6 Å². The van der Waals surface area contributed by atoms with Crippen LogP contribution in [0.15, 0.2) is 18.2 Å². The summed E-state index contributed by atoms with van der Waals surface area (Å²) in [6, 6.07) is 5.68. The van der Waals surface area contributed by atoms with Crippen molar-refractivity contribution >= 4 is 0 Å². The Hall–Kier alpha value is -1.26. The number of hydrogen-bond acceptors (Lipinski definition) is 4. The Kier molecular flexibility index (Phi) is 2.56. The standard InChI is InChI=1S/C10H13NO3/c1-11(12)7-8-2-3-9-10(6-8)14-5-4-13-9/h2-3,6,12H,4-5,7H2,1H3. The summed E-state index contributed by atoms with van der Waals surface area (Å²) in [6.07, 6.45) is 0. The third-order valence-electron chi connectivity index (χ3n) is 2.02. The van der Waals surface area contributed by atoms with E-state index < -0.39 is 0 Å². The second kappa shape index (κ2) is 3.86. The molecule has 1 aliphatic rings. The largest absolute Gasteiger partial charge is 0.486 e. The fourth-order valence-corrected chi connectivity index (χ4v) is 1.45. The lowest BCUT2D eigenvalue weighted by Gasteiger charge is -2.19. The van der Waals surface area contributed by atoms with Crippen LogP contribution in [0, 0.1) is 0 Å². The first kappa shape index (κ1) is 9.30. The highest BCUT2D eigenvalue weighted by Crippen LogP contribution is 2.30. The van der Waals surface area contributed by atoms with E-state index in [9.17, 15) is 0 Å². The number of fused-ring (bicyclic) bond motifs is 1. The number of benzene rings is 1. The normalized spacial score (nSPS) is 14.5. The highest BCUT2D eigenvalue weighted by atomic mass is 16.6. The molecule has 0 amide bonds. The molecule has 0 atom stereocenters. The molecule has 1 N–H and O–H groups in total. The van der Waals surface area contributed by atoms with Gasteiger partial charge in [-0.15, -0.1) is 0 Å². The van der Waals surface area contributed by atoms with Crippen LogP contribution in [0.1, 0.15) is 5.56 Å². The average Bonchev–Trinajstić information content (AvgIpc) is 2.17. The maximum Gasteiger partial charge on any atom is 0.161 e. The maximum absolute atomic E-state index is 9.07. The molecule has 1 heterocycles. The Morgan fingerprint density at radius 2 is 2.00 bits per heavy atom. The van der Waals surface area contributed by atoms with Crippen LogP contribution < -0.4 is 9.47 Å². The molecule has 4 nitrogen and oxygen atoms in total. The van der Waals surface area contributed by atoms with Crippen LogP contribution in [0.2, 0.25) is 0 Å². The summed E-state index contributed by atoms with van der Waals surface area (Å²) in [5.74, 6) is 1.54. The van der Waals surface area contributed by atoms with Gasteiger partial charge >= 0.3 is 0 Å². The van der Waals surface area contributed by atoms with E-state index in [1.165, 1.54) is 0 Å². The number of rotatable bonds is 2. The molecule has 76 valence electrons. The zero-order valence-electron chi connectivity index (χ0n) is 8.06. The van der Waals surface area contributed by atoms with Crippen molar-refractivity contribution < 1.29 is 14.7 Å². The van der Waals surface area contributed by atoms with E-state index in [1.807, 2.05) is 18.2 Å². The third kappa shape index (κ3) is 1.97. The lowest BCUT2D eigenvalue weighted by atomic mass is 10.2. The van der Waals surface area contributed by atoms with Gasteiger partial charge in [0.1, 0.15) is 13.2 Å². The molecule has 0 aliphatic carbocycles. The highest BCUT2D eigenvalue weighted by Gasteiger charge is 2.11. The molecule has 0 bridgehead atoms. The molecule has 1 aromatic carbocycles. The van der Waals surface area contributed by atoms with Gasteiger partial charge in [0.15, 0.2) is 11.5 Å². The molecule has 1 aliphatic heterocycles. The molecule has 0 unspecified atom stereocenters. The fourth-order valence-electron chi connectivity index (χ4n) is 1.45. The van der Waals surface area contributed by atoms with Crippen LogP contribution in [-0.2, 0) is 6.54 Å². The van der Waals surface area contributed by atoms with Gasteiger partial charge < -0.3 is 14.7 Å². The summed E-state index contributed by atoms with van der Waals surface area (Å²) in [5, 5.41) is 10.2. The molecular formula is C10H13NO3. The number of hydroxylamine groups is 2. The number of hydrogen-bond donors (Lipinski definition) is 1. The van der Waals surface area contributed by atoms with E-state index in [0.717, 1.165) is 22.1 Å². The first-order chi connectivity index (χ1) is 6.75. The van der Waals surface area contributed by atoms with Crippen molar-refractivity contribution in [2.24, 2.45) is 0 Å². The molecule has 4 heteroatoms. The second-order valence-corrected chi connectivity index (χ2v) is 3.29. The van der Waals surface area contributed by atoms with Gasteiger partial charge in [-0.25, -0.2) is 0 Å². The molecular weight excluding hydrogens is 182 g/mol. The predicted molar refractivity (Wildman–Crippen MR) is 50.7 cm³/mol. The van der Waals surface area contributed by atoms with Gasteiger partial charge in [-0.3, -0.25) is 0 Å². The first-order valence-electron chi connectivity index (χ1n) is 4.54. The Balaban J connectivity index is 2.20. The van der Waals surface area contributed by atoms with E-state index in [1.54, 1.807) is 7.05 Å². The van der Waals surface area contributed by atoms with E-state index in [0.29, 0.717) is 19.8 Å². The molecule has 2 rings (SSSR count). The molecule has 0 saturated heterocycles. The quantitative estimate of drug-likeness (QED) is 0.722. The predicted octanol–water partition coefficient (Wildman–Crippen LogP) is 1.28. The summed E-state index contributed by atoms with van der Waals surface area (Å²) >= 11 is 0. The summed E-state index contributed by atoms with van der Waals surface area (Å²) in [7, 11) is 1.61. The Morgan fingerprint density at radius 1 is 1.29 bits per heavy atom.